The third-order valence-electron chi connectivity index (χ3n) is 1.81. The van der Waals surface area contributed by atoms with Crippen molar-refractivity contribution in [2.24, 2.45) is 16.5 Å². The molecule has 0 aliphatic rings. The predicted molar refractivity (Wildman–Crippen MR) is 57.6 cm³/mol. The van der Waals surface area contributed by atoms with Crippen LogP contribution in [0.3, 0.4) is 0 Å². The zero-order valence-electron chi connectivity index (χ0n) is 8.67. The molecule has 0 rings (SSSR count). The first-order chi connectivity index (χ1) is 6.08. The minimum Gasteiger partial charge on any atom is -0.405 e. The molecule has 0 bridgehead atoms. The van der Waals surface area contributed by atoms with Crippen LogP contribution in [0.15, 0.2) is 17.3 Å². The fraction of sp³-hybridized carbons (Fsp3) is 0.667. The number of nitrogens with two attached hydrogens (primary N) is 2. The average molecular weight is 184 g/mol. The third kappa shape index (κ3) is 4.05. The molecule has 1 unspecified atom stereocenters. The van der Waals surface area contributed by atoms with Gasteiger partial charge in [-0.1, -0.05) is 6.92 Å². The van der Waals surface area contributed by atoms with Gasteiger partial charge in [-0.15, -0.1) is 0 Å². The maximum atomic E-state index is 5.94. The van der Waals surface area contributed by atoms with Crippen LogP contribution >= 0.6 is 0 Å². The fourth-order valence-corrected chi connectivity index (χ4v) is 0.842. The molecule has 0 saturated carbocycles. The van der Waals surface area contributed by atoms with Gasteiger partial charge in [0, 0.05) is 6.54 Å². The summed E-state index contributed by atoms with van der Waals surface area (Å²) in [6.45, 7) is 4.70. The van der Waals surface area contributed by atoms with Crippen molar-refractivity contribution in [3.05, 3.63) is 12.3 Å². The van der Waals surface area contributed by atoms with Crippen molar-refractivity contribution >= 4 is 5.71 Å². The van der Waals surface area contributed by atoms with E-state index in [1.165, 1.54) is 6.20 Å². The van der Waals surface area contributed by atoms with Crippen LogP contribution < -0.4 is 16.8 Å². The van der Waals surface area contributed by atoms with Gasteiger partial charge in [-0.2, -0.15) is 0 Å². The fourth-order valence-electron chi connectivity index (χ4n) is 0.842. The van der Waals surface area contributed by atoms with Crippen molar-refractivity contribution in [3.63, 3.8) is 0 Å². The molecule has 0 aromatic rings. The molecule has 5 N–H and O–H groups in total. The Kier molecular flexibility index (Phi) is 5.34. The summed E-state index contributed by atoms with van der Waals surface area (Å²) >= 11 is 0. The van der Waals surface area contributed by atoms with Gasteiger partial charge in [0.05, 0.1) is 5.71 Å². The molecule has 0 aliphatic carbocycles. The van der Waals surface area contributed by atoms with Gasteiger partial charge in [0.25, 0.3) is 0 Å². The standard InChI is InChI=1S/C9H20N4/c1-4-7-13-8(5-6-10)9(2,11)12-3/h5-6,12H,4,7,10-11H2,1-3H3/b6-5-,13-8?. The minimum absolute atomic E-state index is 0.606. The van der Waals surface area contributed by atoms with Gasteiger partial charge in [0.15, 0.2) is 0 Å². The lowest BCUT2D eigenvalue weighted by molar-refractivity contribution is 0.535. The molecule has 0 amide bonds. The minimum atomic E-state index is -0.606. The van der Waals surface area contributed by atoms with Crippen molar-refractivity contribution in [1.82, 2.24) is 5.32 Å². The van der Waals surface area contributed by atoms with Crippen molar-refractivity contribution < 1.29 is 0 Å². The van der Waals surface area contributed by atoms with Gasteiger partial charge in [-0.25, -0.2) is 0 Å². The van der Waals surface area contributed by atoms with E-state index in [9.17, 15) is 0 Å². The summed E-state index contributed by atoms with van der Waals surface area (Å²) in [6, 6.07) is 0. The van der Waals surface area contributed by atoms with E-state index in [0.717, 1.165) is 18.7 Å². The molecule has 0 aromatic carbocycles. The zero-order valence-corrected chi connectivity index (χ0v) is 8.67. The normalized spacial score (nSPS) is 17.7. The van der Waals surface area contributed by atoms with Crippen molar-refractivity contribution in [2.45, 2.75) is 25.9 Å². The first kappa shape index (κ1) is 12.1. The maximum Gasteiger partial charge on any atom is 0.106 e. The van der Waals surface area contributed by atoms with E-state index < -0.39 is 5.66 Å². The van der Waals surface area contributed by atoms with E-state index >= 15 is 0 Å². The van der Waals surface area contributed by atoms with Crippen LogP contribution in [0.5, 0.6) is 0 Å². The highest BCUT2D eigenvalue weighted by atomic mass is 15.1. The molecule has 0 fully saturated rings. The highest BCUT2D eigenvalue weighted by Crippen LogP contribution is 1.99. The van der Waals surface area contributed by atoms with Crippen molar-refractivity contribution in [1.29, 1.82) is 0 Å². The summed E-state index contributed by atoms with van der Waals surface area (Å²) in [5, 5.41) is 2.98. The number of rotatable bonds is 5. The van der Waals surface area contributed by atoms with Crippen LogP contribution in [0.2, 0.25) is 0 Å². The SMILES string of the molecule is CCCN=C(/C=C\N)C(C)(N)NC. The number of hydrogen-bond donors (Lipinski definition) is 3. The molecule has 0 aromatic heterocycles. The molecule has 0 heterocycles. The highest BCUT2D eigenvalue weighted by Gasteiger charge is 2.20. The van der Waals surface area contributed by atoms with E-state index in [-0.39, 0.29) is 0 Å². The Labute approximate surface area is 80.1 Å². The Morgan fingerprint density at radius 3 is 2.62 bits per heavy atom. The summed E-state index contributed by atoms with van der Waals surface area (Å²) in [6.07, 6.45) is 4.19. The van der Waals surface area contributed by atoms with E-state index in [0.29, 0.717) is 0 Å². The van der Waals surface area contributed by atoms with Gasteiger partial charge in [0.1, 0.15) is 5.66 Å². The number of hydrogen-bond acceptors (Lipinski definition) is 4. The topological polar surface area (TPSA) is 76.4 Å². The monoisotopic (exact) mass is 184 g/mol. The van der Waals surface area contributed by atoms with Crippen LogP contribution in [0.25, 0.3) is 0 Å². The molecule has 0 aliphatic heterocycles. The molecule has 76 valence electrons. The van der Waals surface area contributed by atoms with Gasteiger partial charge >= 0.3 is 0 Å². The van der Waals surface area contributed by atoms with E-state index in [1.807, 2.05) is 6.92 Å². The lowest BCUT2D eigenvalue weighted by atomic mass is 10.1. The third-order valence-corrected chi connectivity index (χ3v) is 1.81. The molecular weight excluding hydrogens is 164 g/mol. The highest BCUT2D eigenvalue weighted by molar-refractivity contribution is 6.01. The molecule has 13 heavy (non-hydrogen) atoms. The summed E-state index contributed by atoms with van der Waals surface area (Å²) in [4.78, 5) is 4.34. The van der Waals surface area contributed by atoms with Crippen LogP contribution in [0.4, 0.5) is 0 Å². The summed E-state index contributed by atoms with van der Waals surface area (Å²) in [7, 11) is 1.80. The Balaban J connectivity index is 4.59. The Hall–Kier alpha value is -0.870. The van der Waals surface area contributed by atoms with Gasteiger partial charge in [0.2, 0.25) is 0 Å². The lowest BCUT2D eigenvalue weighted by Gasteiger charge is -2.24. The second-order valence-corrected chi connectivity index (χ2v) is 3.08. The summed E-state index contributed by atoms with van der Waals surface area (Å²) in [5.74, 6) is 0. The maximum absolute atomic E-state index is 5.94. The number of nitrogens with one attached hydrogen (secondary N) is 1. The van der Waals surface area contributed by atoms with E-state index in [1.54, 1.807) is 13.1 Å². The summed E-state index contributed by atoms with van der Waals surface area (Å²) < 4.78 is 0. The molecule has 0 saturated heterocycles. The Morgan fingerprint density at radius 1 is 1.62 bits per heavy atom. The van der Waals surface area contributed by atoms with Crippen LogP contribution in [-0.4, -0.2) is 25.0 Å². The molecule has 4 heteroatoms. The zero-order chi connectivity index (χ0) is 10.3. The smallest absolute Gasteiger partial charge is 0.106 e. The van der Waals surface area contributed by atoms with Crippen molar-refractivity contribution in [2.75, 3.05) is 13.6 Å². The van der Waals surface area contributed by atoms with E-state index in [4.69, 9.17) is 11.5 Å². The predicted octanol–water partition coefficient (Wildman–Crippen LogP) is 0.204. The van der Waals surface area contributed by atoms with Crippen LogP contribution in [0, 0.1) is 0 Å². The Bertz CT molecular complexity index is 194. The second kappa shape index (κ2) is 5.72. The average Bonchev–Trinajstić information content (AvgIpc) is 2.12. The molecule has 4 nitrogen and oxygen atoms in total. The van der Waals surface area contributed by atoms with Gasteiger partial charge in [-0.3, -0.25) is 10.3 Å². The quantitative estimate of drug-likeness (QED) is 0.422. The molecule has 1 atom stereocenters. The number of nitrogens with zero attached hydrogens (tertiary/aromatic N) is 1. The second-order valence-electron chi connectivity index (χ2n) is 3.08. The summed E-state index contributed by atoms with van der Waals surface area (Å²) in [5.41, 5.74) is 11.4. The Morgan fingerprint density at radius 2 is 2.23 bits per heavy atom. The van der Waals surface area contributed by atoms with Gasteiger partial charge in [-0.05, 0) is 32.7 Å². The van der Waals surface area contributed by atoms with Crippen LogP contribution in [-0.2, 0) is 0 Å². The first-order valence-electron chi connectivity index (χ1n) is 4.49. The van der Waals surface area contributed by atoms with Gasteiger partial charge < -0.3 is 11.5 Å². The first-order valence-corrected chi connectivity index (χ1v) is 4.49. The molecular formula is C9H20N4. The number of aliphatic imine (C=N–C) groups is 1. The molecule has 0 spiro atoms. The van der Waals surface area contributed by atoms with E-state index in [2.05, 4.69) is 17.2 Å². The molecule has 0 radical (unpaired) electrons. The van der Waals surface area contributed by atoms with Crippen molar-refractivity contribution in [3.8, 4) is 0 Å². The lowest BCUT2D eigenvalue weighted by Crippen LogP contribution is -2.55. The largest absolute Gasteiger partial charge is 0.405 e. The van der Waals surface area contributed by atoms with Crippen LogP contribution in [0.1, 0.15) is 20.3 Å².